The Hall–Kier alpha value is -1.82. The average molecular weight is 395 g/mol. The van der Waals surface area contributed by atoms with Crippen LogP contribution in [0.2, 0.25) is 10.0 Å². The molecule has 1 aliphatic carbocycles. The van der Waals surface area contributed by atoms with Crippen LogP contribution in [0.1, 0.15) is 31.2 Å². The van der Waals surface area contributed by atoms with E-state index < -0.39 is 0 Å². The van der Waals surface area contributed by atoms with E-state index in [9.17, 15) is 4.79 Å². The first kappa shape index (κ1) is 19.0. The Bertz CT molecular complexity index is 760. The maximum absolute atomic E-state index is 12.4. The van der Waals surface area contributed by atoms with Gasteiger partial charge in [0.1, 0.15) is 11.1 Å². The second kappa shape index (κ2) is 8.71. The molecule has 1 heterocycles. The van der Waals surface area contributed by atoms with E-state index >= 15 is 0 Å². The number of aliphatic hydroxyl groups is 1. The third-order valence-electron chi connectivity index (χ3n) is 4.50. The maximum Gasteiger partial charge on any atom is 0.232 e. The van der Waals surface area contributed by atoms with Gasteiger partial charge in [0.25, 0.3) is 0 Å². The number of hydrogen-bond acceptors (Lipinski definition) is 4. The van der Waals surface area contributed by atoms with E-state index in [1.807, 2.05) is 0 Å². The molecule has 138 valence electrons. The van der Waals surface area contributed by atoms with Gasteiger partial charge >= 0.3 is 0 Å². The maximum atomic E-state index is 12.4. The number of rotatable bonds is 5. The number of aromatic nitrogens is 1. The fourth-order valence-corrected chi connectivity index (χ4v) is 3.45. The minimum absolute atomic E-state index is 0.00550. The summed E-state index contributed by atoms with van der Waals surface area (Å²) >= 11 is 11.9. The van der Waals surface area contributed by atoms with Crippen molar-refractivity contribution in [2.75, 3.05) is 5.32 Å². The van der Waals surface area contributed by atoms with Crippen LogP contribution in [0, 0.1) is 5.92 Å². The molecule has 1 aliphatic rings. The van der Waals surface area contributed by atoms with Crippen molar-refractivity contribution in [1.29, 1.82) is 0 Å². The smallest absolute Gasteiger partial charge is 0.232 e. The van der Waals surface area contributed by atoms with Gasteiger partial charge in [-0.3, -0.25) is 4.79 Å². The van der Waals surface area contributed by atoms with E-state index in [4.69, 9.17) is 33.0 Å². The number of aliphatic hydroxyl groups excluding tert-OH is 1. The Morgan fingerprint density at radius 1 is 1.19 bits per heavy atom. The van der Waals surface area contributed by atoms with E-state index in [1.165, 1.54) is 6.20 Å². The number of amides is 1. The van der Waals surface area contributed by atoms with Gasteiger partial charge in [-0.05, 0) is 49.4 Å². The minimum atomic E-state index is -0.0407. The van der Waals surface area contributed by atoms with Crippen molar-refractivity contribution in [2.24, 2.45) is 5.92 Å². The zero-order valence-electron chi connectivity index (χ0n) is 14.1. The number of benzene rings is 1. The van der Waals surface area contributed by atoms with Gasteiger partial charge in [0.15, 0.2) is 0 Å². The van der Waals surface area contributed by atoms with Gasteiger partial charge in [-0.25, -0.2) is 4.98 Å². The molecule has 0 spiro atoms. The molecule has 1 amide bonds. The highest BCUT2D eigenvalue weighted by Gasteiger charge is 2.28. The van der Waals surface area contributed by atoms with E-state index in [2.05, 4.69) is 10.3 Å². The minimum Gasteiger partial charge on any atom is -0.473 e. The van der Waals surface area contributed by atoms with Crippen LogP contribution in [-0.2, 0) is 11.4 Å². The summed E-state index contributed by atoms with van der Waals surface area (Å²) in [5.41, 5.74) is 1.55. The van der Waals surface area contributed by atoms with E-state index in [0.717, 1.165) is 36.9 Å². The number of hydrogen-bond donors (Lipinski definition) is 2. The second-order valence-corrected chi connectivity index (χ2v) is 7.22. The summed E-state index contributed by atoms with van der Waals surface area (Å²) in [5.74, 6) is 0.358. The fourth-order valence-electron chi connectivity index (χ4n) is 3.03. The van der Waals surface area contributed by atoms with Crippen LogP contribution < -0.4 is 10.1 Å². The van der Waals surface area contributed by atoms with Crippen molar-refractivity contribution in [3.8, 4) is 5.88 Å². The van der Waals surface area contributed by atoms with Gasteiger partial charge in [-0.15, -0.1) is 0 Å². The number of nitrogens with one attached hydrogen (secondary N) is 1. The number of nitrogens with zero attached hydrogens (tertiary/aromatic N) is 1. The van der Waals surface area contributed by atoms with Crippen molar-refractivity contribution in [3.05, 3.63) is 52.1 Å². The molecule has 3 rings (SSSR count). The van der Waals surface area contributed by atoms with E-state index in [0.29, 0.717) is 15.9 Å². The molecule has 2 N–H and O–H groups in total. The first-order chi connectivity index (χ1) is 12.5. The molecular formula is C19H20Cl2N2O3. The van der Waals surface area contributed by atoms with Gasteiger partial charge < -0.3 is 15.2 Å². The highest BCUT2D eigenvalue weighted by Crippen LogP contribution is 2.31. The zero-order valence-corrected chi connectivity index (χ0v) is 15.6. The molecule has 0 aliphatic heterocycles. The van der Waals surface area contributed by atoms with E-state index in [-0.39, 0.29) is 24.5 Å². The Morgan fingerprint density at radius 3 is 2.50 bits per heavy atom. The molecular weight excluding hydrogens is 375 g/mol. The van der Waals surface area contributed by atoms with Crippen LogP contribution in [0.5, 0.6) is 5.88 Å². The number of halogens is 2. The monoisotopic (exact) mass is 394 g/mol. The molecule has 5 nitrogen and oxygen atoms in total. The molecule has 2 aromatic rings. The number of ether oxygens (including phenoxy) is 1. The topological polar surface area (TPSA) is 71.5 Å². The molecule has 7 heteroatoms. The molecule has 1 aromatic carbocycles. The summed E-state index contributed by atoms with van der Waals surface area (Å²) in [6, 6.07) is 8.79. The highest BCUT2D eigenvalue weighted by molar-refractivity contribution is 6.35. The molecule has 1 aromatic heterocycles. The van der Waals surface area contributed by atoms with E-state index in [1.54, 1.807) is 30.3 Å². The largest absolute Gasteiger partial charge is 0.473 e. The lowest BCUT2D eigenvalue weighted by molar-refractivity contribution is -0.121. The Morgan fingerprint density at radius 2 is 1.88 bits per heavy atom. The standard InChI is InChI=1S/C19H20Cl2N2O3/c20-14-9-17(21)19(22-10-14)26-16-7-3-13(4-8-16)18(25)23-15-5-1-12(11-24)2-6-15/h1-2,5-6,9-10,13,16,24H,3-4,7-8,11H2,(H,23,25). The normalized spacial score (nSPS) is 19.8. The molecule has 0 atom stereocenters. The van der Waals surface area contributed by atoms with Crippen LogP contribution >= 0.6 is 23.2 Å². The van der Waals surface area contributed by atoms with Crippen LogP contribution in [-0.4, -0.2) is 22.1 Å². The van der Waals surface area contributed by atoms with Crippen molar-refractivity contribution < 1.29 is 14.6 Å². The second-order valence-electron chi connectivity index (χ2n) is 6.38. The number of anilines is 1. The molecule has 0 radical (unpaired) electrons. The molecule has 0 bridgehead atoms. The van der Waals surface area contributed by atoms with Crippen LogP contribution in [0.4, 0.5) is 5.69 Å². The Labute approximate surface area is 162 Å². The third kappa shape index (κ3) is 4.87. The average Bonchev–Trinajstić information content (AvgIpc) is 2.65. The van der Waals surface area contributed by atoms with Gasteiger partial charge in [-0.1, -0.05) is 35.3 Å². The predicted molar refractivity (Wildman–Crippen MR) is 102 cm³/mol. The van der Waals surface area contributed by atoms with Gasteiger partial charge in [-0.2, -0.15) is 0 Å². The number of carbonyl (C=O) groups excluding carboxylic acids is 1. The van der Waals surface area contributed by atoms with Gasteiger partial charge in [0.05, 0.1) is 11.6 Å². The predicted octanol–water partition coefficient (Wildman–Crippen LogP) is 4.46. The summed E-state index contributed by atoms with van der Waals surface area (Å²) < 4.78 is 5.86. The summed E-state index contributed by atoms with van der Waals surface area (Å²) in [7, 11) is 0. The van der Waals surface area contributed by atoms with Crippen molar-refractivity contribution in [2.45, 2.75) is 38.4 Å². The van der Waals surface area contributed by atoms with Crippen LogP contribution in [0.25, 0.3) is 0 Å². The van der Waals surface area contributed by atoms with Crippen molar-refractivity contribution in [3.63, 3.8) is 0 Å². The van der Waals surface area contributed by atoms with Crippen LogP contribution in [0.15, 0.2) is 36.5 Å². The number of pyridine rings is 1. The summed E-state index contributed by atoms with van der Waals surface area (Å²) in [6.07, 6.45) is 4.52. The lowest BCUT2D eigenvalue weighted by Gasteiger charge is -2.28. The summed E-state index contributed by atoms with van der Waals surface area (Å²) in [5, 5.41) is 12.8. The zero-order chi connectivity index (χ0) is 18.5. The van der Waals surface area contributed by atoms with Gasteiger partial charge in [0.2, 0.25) is 11.8 Å². The molecule has 26 heavy (non-hydrogen) atoms. The summed E-state index contributed by atoms with van der Waals surface area (Å²) in [4.78, 5) is 16.5. The Kier molecular flexibility index (Phi) is 6.35. The van der Waals surface area contributed by atoms with Crippen molar-refractivity contribution >= 4 is 34.8 Å². The summed E-state index contributed by atoms with van der Waals surface area (Å²) in [6.45, 7) is -0.00919. The van der Waals surface area contributed by atoms with Crippen molar-refractivity contribution in [1.82, 2.24) is 4.98 Å². The van der Waals surface area contributed by atoms with Gasteiger partial charge in [0, 0.05) is 17.8 Å². The third-order valence-corrected chi connectivity index (χ3v) is 4.98. The lowest BCUT2D eigenvalue weighted by Crippen LogP contribution is -2.31. The quantitative estimate of drug-likeness (QED) is 0.785. The Balaban J connectivity index is 1.50. The molecule has 0 unspecified atom stereocenters. The molecule has 1 saturated carbocycles. The van der Waals surface area contributed by atoms with Crippen LogP contribution in [0.3, 0.4) is 0 Å². The highest BCUT2D eigenvalue weighted by atomic mass is 35.5. The number of carbonyl (C=O) groups is 1. The lowest BCUT2D eigenvalue weighted by atomic mass is 9.86. The first-order valence-electron chi connectivity index (χ1n) is 8.53. The molecule has 1 fully saturated rings. The molecule has 0 saturated heterocycles. The first-order valence-corrected chi connectivity index (χ1v) is 9.29. The fraction of sp³-hybridized carbons (Fsp3) is 0.368. The SMILES string of the molecule is O=C(Nc1ccc(CO)cc1)C1CCC(Oc2ncc(Cl)cc2Cl)CC1.